The Morgan fingerprint density at radius 2 is 1.75 bits per heavy atom. The van der Waals surface area contributed by atoms with E-state index in [1.54, 1.807) is 4.90 Å². The molecule has 0 saturated carbocycles. The van der Waals surface area contributed by atoms with Crippen molar-refractivity contribution in [1.29, 1.82) is 0 Å². The van der Waals surface area contributed by atoms with Gasteiger partial charge in [0.1, 0.15) is 11.7 Å². The second-order valence-corrected chi connectivity index (χ2v) is 9.65. The summed E-state index contributed by atoms with van der Waals surface area (Å²) < 4.78 is 2.24. The molecule has 3 aromatic rings. The summed E-state index contributed by atoms with van der Waals surface area (Å²) in [4.78, 5) is 39.1. The molecule has 3 amide bonds. The maximum atomic E-state index is 13.1. The first-order valence-corrected chi connectivity index (χ1v) is 12.7. The minimum atomic E-state index is -0.552. The number of nitrogens with one attached hydrogen (secondary N) is 1. The molecule has 2 aromatic carbocycles. The Kier molecular flexibility index (Phi) is 5.79. The molecule has 1 fully saturated rings. The van der Waals surface area contributed by atoms with E-state index in [-0.39, 0.29) is 11.9 Å². The van der Waals surface area contributed by atoms with Crippen molar-refractivity contribution in [2.75, 3.05) is 6.54 Å². The number of hydrogen-bond acceptors (Lipinski definition) is 5. The molecular weight excluding hydrogens is 452 g/mol. The highest BCUT2D eigenvalue weighted by atomic mass is 16.2. The SMILES string of the molecule is CCN1C(=O)NC(=O)C2C1N=C(Cc1cn3c(n1)CCCC3)N2Cc1ccc(-c2ccccc2)cc1. The number of rotatable bonds is 6. The van der Waals surface area contributed by atoms with Crippen LogP contribution in [0.4, 0.5) is 4.79 Å². The van der Waals surface area contributed by atoms with E-state index >= 15 is 0 Å². The Balaban J connectivity index is 1.30. The van der Waals surface area contributed by atoms with Gasteiger partial charge in [0.15, 0.2) is 12.2 Å². The molecule has 1 N–H and O–H groups in total. The first kappa shape index (κ1) is 22.5. The van der Waals surface area contributed by atoms with Crippen LogP contribution in [-0.4, -0.2) is 55.9 Å². The van der Waals surface area contributed by atoms with E-state index in [2.05, 4.69) is 57.4 Å². The number of likely N-dealkylation sites (N-methyl/N-ethyl adjacent to an activating group) is 1. The fraction of sp³-hybridized carbons (Fsp3) is 0.357. The lowest BCUT2D eigenvalue weighted by molar-refractivity contribution is -0.127. The summed E-state index contributed by atoms with van der Waals surface area (Å²) in [6.07, 6.45) is 5.47. The van der Waals surface area contributed by atoms with E-state index in [1.807, 2.05) is 25.1 Å². The van der Waals surface area contributed by atoms with Gasteiger partial charge in [-0.15, -0.1) is 0 Å². The van der Waals surface area contributed by atoms with Gasteiger partial charge in [0.25, 0.3) is 5.91 Å². The van der Waals surface area contributed by atoms with Gasteiger partial charge >= 0.3 is 6.03 Å². The molecule has 2 unspecified atom stereocenters. The summed E-state index contributed by atoms with van der Waals surface area (Å²) in [6.45, 7) is 3.92. The van der Waals surface area contributed by atoms with Crippen LogP contribution in [0.3, 0.4) is 0 Å². The fourth-order valence-corrected chi connectivity index (χ4v) is 5.52. The molecule has 0 aliphatic carbocycles. The highest BCUT2D eigenvalue weighted by molar-refractivity contribution is 6.04. The van der Waals surface area contributed by atoms with Crippen molar-refractivity contribution in [2.45, 2.75) is 57.9 Å². The molecule has 1 saturated heterocycles. The van der Waals surface area contributed by atoms with Crippen LogP contribution in [0.25, 0.3) is 11.1 Å². The number of carbonyl (C=O) groups excluding carboxylic acids is 2. The van der Waals surface area contributed by atoms with Gasteiger partial charge in [0, 0.05) is 38.7 Å². The van der Waals surface area contributed by atoms with Crippen LogP contribution in [-0.2, 0) is 30.7 Å². The standard InChI is InChI=1S/C28H30N6O2/c1-2-33-26-25(27(35)31-28(33)36)34(17-19-11-13-21(14-12-19)20-8-4-3-5-9-20)24(30-26)16-22-18-32-15-7-6-10-23(32)29-22/h3-5,8-9,11-14,18,25-26H,2,6-7,10,15-17H2,1H3,(H,31,35,36). The van der Waals surface area contributed by atoms with E-state index < -0.39 is 12.2 Å². The van der Waals surface area contributed by atoms with Gasteiger partial charge in [-0.2, -0.15) is 0 Å². The van der Waals surface area contributed by atoms with Crippen molar-refractivity contribution in [2.24, 2.45) is 4.99 Å². The molecular formula is C28H30N6O2. The highest BCUT2D eigenvalue weighted by Gasteiger charge is 2.49. The number of hydrogen-bond donors (Lipinski definition) is 1. The van der Waals surface area contributed by atoms with Crippen LogP contribution >= 0.6 is 0 Å². The molecule has 36 heavy (non-hydrogen) atoms. The second-order valence-electron chi connectivity index (χ2n) is 9.65. The lowest BCUT2D eigenvalue weighted by Crippen LogP contribution is -2.64. The number of imidazole rings is 1. The molecule has 0 bridgehead atoms. The first-order valence-electron chi connectivity index (χ1n) is 12.7. The fourth-order valence-electron chi connectivity index (χ4n) is 5.52. The second kappa shape index (κ2) is 9.26. The number of urea groups is 1. The van der Waals surface area contributed by atoms with Crippen molar-refractivity contribution in [1.82, 2.24) is 24.7 Å². The van der Waals surface area contributed by atoms with E-state index in [4.69, 9.17) is 9.98 Å². The first-order chi connectivity index (χ1) is 17.6. The lowest BCUT2D eigenvalue weighted by Gasteiger charge is -2.37. The molecule has 6 rings (SSSR count). The van der Waals surface area contributed by atoms with E-state index in [0.29, 0.717) is 19.5 Å². The van der Waals surface area contributed by atoms with Gasteiger partial charge < -0.3 is 9.47 Å². The van der Waals surface area contributed by atoms with E-state index in [0.717, 1.165) is 41.4 Å². The predicted molar refractivity (Wildman–Crippen MR) is 137 cm³/mol. The number of aromatic nitrogens is 2. The molecule has 4 heterocycles. The smallest absolute Gasteiger partial charge is 0.325 e. The van der Waals surface area contributed by atoms with Gasteiger partial charge in [-0.1, -0.05) is 54.6 Å². The van der Waals surface area contributed by atoms with Crippen LogP contribution in [0, 0.1) is 0 Å². The zero-order valence-electron chi connectivity index (χ0n) is 20.4. The van der Waals surface area contributed by atoms with Gasteiger partial charge in [-0.05, 0) is 36.5 Å². The zero-order valence-corrected chi connectivity index (χ0v) is 20.4. The number of amidine groups is 1. The summed E-state index contributed by atoms with van der Waals surface area (Å²) >= 11 is 0. The third-order valence-corrected chi connectivity index (χ3v) is 7.36. The Hall–Kier alpha value is -3.94. The molecule has 8 nitrogen and oxygen atoms in total. The predicted octanol–water partition coefficient (Wildman–Crippen LogP) is 3.61. The molecule has 3 aliphatic rings. The van der Waals surface area contributed by atoms with Gasteiger partial charge in [0.05, 0.1) is 5.69 Å². The quantitative estimate of drug-likeness (QED) is 0.582. The zero-order chi connectivity index (χ0) is 24.6. The third-order valence-electron chi connectivity index (χ3n) is 7.36. The molecule has 1 aromatic heterocycles. The minimum Gasteiger partial charge on any atom is -0.340 e. The van der Waals surface area contributed by atoms with E-state index in [9.17, 15) is 9.59 Å². The largest absolute Gasteiger partial charge is 0.340 e. The third kappa shape index (κ3) is 4.06. The number of amides is 3. The number of aliphatic imine (C=N–C) groups is 1. The topological polar surface area (TPSA) is 82.8 Å². The average molecular weight is 483 g/mol. The molecule has 8 heteroatoms. The molecule has 0 spiro atoms. The number of imide groups is 1. The Morgan fingerprint density at radius 3 is 2.50 bits per heavy atom. The molecule has 3 aliphatic heterocycles. The number of aryl methyl sites for hydroxylation is 2. The van der Waals surface area contributed by atoms with Gasteiger partial charge in [0.2, 0.25) is 0 Å². The Labute approximate surface area is 210 Å². The average Bonchev–Trinajstić information content (AvgIpc) is 3.46. The lowest BCUT2D eigenvalue weighted by atomic mass is 10.0. The Bertz CT molecular complexity index is 1290. The summed E-state index contributed by atoms with van der Waals surface area (Å²) in [6, 6.07) is 17.8. The summed E-state index contributed by atoms with van der Waals surface area (Å²) in [5, 5.41) is 2.54. The van der Waals surface area contributed by atoms with Crippen LogP contribution in [0.15, 0.2) is 65.8 Å². The van der Waals surface area contributed by atoms with Crippen molar-refractivity contribution >= 4 is 17.8 Å². The maximum Gasteiger partial charge on any atom is 0.325 e. The van der Waals surface area contributed by atoms with Crippen molar-refractivity contribution in [3.8, 4) is 11.1 Å². The molecule has 184 valence electrons. The monoisotopic (exact) mass is 482 g/mol. The molecule has 0 radical (unpaired) electrons. The maximum absolute atomic E-state index is 13.1. The van der Waals surface area contributed by atoms with Crippen LogP contribution in [0.1, 0.15) is 36.8 Å². The minimum absolute atomic E-state index is 0.293. The van der Waals surface area contributed by atoms with Gasteiger partial charge in [-0.25, -0.2) is 14.8 Å². The van der Waals surface area contributed by atoms with Crippen LogP contribution in [0.2, 0.25) is 0 Å². The summed E-state index contributed by atoms with van der Waals surface area (Å²) in [5.74, 6) is 1.63. The number of fused-ring (bicyclic) bond motifs is 2. The number of benzene rings is 2. The molecule has 2 atom stereocenters. The number of nitrogens with zero attached hydrogens (tertiary/aromatic N) is 5. The van der Waals surface area contributed by atoms with Crippen molar-refractivity contribution in [3.63, 3.8) is 0 Å². The van der Waals surface area contributed by atoms with Crippen molar-refractivity contribution in [3.05, 3.63) is 77.9 Å². The van der Waals surface area contributed by atoms with E-state index in [1.165, 1.54) is 18.4 Å². The van der Waals surface area contributed by atoms with Crippen LogP contribution in [0.5, 0.6) is 0 Å². The van der Waals surface area contributed by atoms with Crippen molar-refractivity contribution < 1.29 is 9.59 Å². The number of carbonyl (C=O) groups is 2. The van der Waals surface area contributed by atoms with Gasteiger partial charge in [-0.3, -0.25) is 15.0 Å². The summed E-state index contributed by atoms with van der Waals surface area (Å²) in [7, 11) is 0. The summed E-state index contributed by atoms with van der Waals surface area (Å²) in [5.41, 5.74) is 4.36. The highest BCUT2D eigenvalue weighted by Crippen LogP contribution is 2.29. The van der Waals surface area contributed by atoms with Crippen LogP contribution < -0.4 is 5.32 Å². The normalized spacial score (nSPS) is 21.2. The Morgan fingerprint density at radius 1 is 0.972 bits per heavy atom.